The number of nitrogens with zero attached hydrogens (tertiary/aromatic N) is 1. The second kappa shape index (κ2) is 8.83. The Kier molecular flexibility index (Phi) is 5.73. The molecule has 6 heteroatoms. The van der Waals surface area contributed by atoms with Crippen LogP contribution in [0.5, 0.6) is 11.5 Å². The highest BCUT2D eigenvalue weighted by Gasteiger charge is 2.34. The summed E-state index contributed by atoms with van der Waals surface area (Å²) >= 11 is 6.36. The summed E-state index contributed by atoms with van der Waals surface area (Å²) in [6.07, 6.45) is 1.81. The number of methoxy groups -OCH3 is 2. The van der Waals surface area contributed by atoms with E-state index in [9.17, 15) is 4.79 Å². The van der Waals surface area contributed by atoms with Gasteiger partial charge in [0.25, 0.3) is 5.91 Å². The standard InChI is InChI=1S/C27H25ClN2O3/c1-32-20-13-18(14-21(16-20)33-2)27(31)30-12-6-9-24(30)26-25(17-7-4-3-5-8-17)22-15-19(28)10-11-23(22)29-26/h3-5,7-8,10-11,13-16,24,29H,6,9,12H2,1-2H3. The molecule has 1 amide bonds. The molecule has 4 aromatic rings. The maximum Gasteiger partial charge on any atom is 0.254 e. The molecule has 1 N–H and O–H groups in total. The van der Waals surface area contributed by atoms with Gasteiger partial charge in [-0.1, -0.05) is 41.9 Å². The lowest BCUT2D eigenvalue weighted by atomic mass is 9.97. The summed E-state index contributed by atoms with van der Waals surface area (Å²) in [5, 5.41) is 1.75. The highest BCUT2D eigenvalue weighted by Crippen LogP contribution is 2.42. The second-order valence-electron chi connectivity index (χ2n) is 8.23. The molecule has 0 bridgehead atoms. The van der Waals surface area contributed by atoms with E-state index in [0.717, 1.165) is 40.6 Å². The first-order valence-electron chi connectivity index (χ1n) is 11.0. The summed E-state index contributed by atoms with van der Waals surface area (Å²) in [6.45, 7) is 0.688. The molecule has 5 nitrogen and oxygen atoms in total. The molecular formula is C27H25ClN2O3. The number of rotatable bonds is 5. The Morgan fingerprint density at radius 2 is 1.73 bits per heavy atom. The van der Waals surface area contributed by atoms with Crippen LogP contribution in [0.3, 0.4) is 0 Å². The molecule has 1 atom stereocenters. The topological polar surface area (TPSA) is 54.6 Å². The highest BCUT2D eigenvalue weighted by molar-refractivity contribution is 6.31. The molecule has 0 spiro atoms. The number of carbonyl (C=O) groups excluding carboxylic acids is 1. The van der Waals surface area contributed by atoms with Gasteiger partial charge in [0.05, 0.1) is 20.3 Å². The number of likely N-dealkylation sites (tertiary alicyclic amines) is 1. The molecule has 1 aliphatic heterocycles. The van der Waals surface area contributed by atoms with Crippen LogP contribution in [0.4, 0.5) is 0 Å². The number of hydrogen-bond acceptors (Lipinski definition) is 3. The summed E-state index contributed by atoms with van der Waals surface area (Å²) in [6, 6.07) is 21.4. The van der Waals surface area contributed by atoms with Crippen molar-refractivity contribution in [2.45, 2.75) is 18.9 Å². The Balaban J connectivity index is 1.61. The van der Waals surface area contributed by atoms with E-state index < -0.39 is 0 Å². The first-order chi connectivity index (χ1) is 16.1. The Morgan fingerprint density at radius 3 is 2.42 bits per heavy atom. The minimum Gasteiger partial charge on any atom is -0.497 e. The molecular weight excluding hydrogens is 436 g/mol. The number of nitrogens with one attached hydrogen (secondary N) is 1. The van der Waals surface area contributed by atoms with Crippen molar-refractivity contribution in [3.8, 4) is 22.6 Å². The molecule has 1 unspecified atom stereocenters. The first kappa shape index (κ1) is 21.4. The van der Waals surface area contributed by atoms with Crippen LogP contribution < -0.4 is 9.47 Å². The minimum absolute atomic E-state index is 0.0367. The first-order valence-corrected chi connectivity index (χ1v) is 11.4. The van der Waals surface area contributed by atoms with E-state index in [1.54, 1.807) is 32.4 Å². The van der Waals surface area contributed by atoms with Crippen molar-refractivity contribution >= 4 is 28.4 Å². The number of halogens is 1. The third kappa shape index (κ3) is 3.93. The number of hydrogen-bond donors (Lipinski definition) is 1. The van der Waals surface area contributed by atoms with Crippen LogP contribution in [0.1, 0.15) is 34.9 Å². The van der Waals surface area contributed by atoms with Gasteiger partial charge >= 0.3 is 0 Å². The van der Waals surface area contributed by atoms with Crippen LogP contribution in [0.15, 0.2) is 66.7 Å². The van der Waals surface area contributed by atoms with Crippen LogP contribution in [0, 0.1) is 0 Å². The zero-order valence-corrected chi connectivity index (χ0v) is 19.4. The lowest BCUT2D eigenvalue weighted by Crippen LogP contribution is -2.31. The van der Waals surface area contributed by atoms with Gasteiger partial charge in [-0.25, -0.2) is 0 Å². The number of aromatic nitrogens is 1. The molecule has 0 saturated carbocycles. The molecule has 1 aromatic heterocycles. The van der Waals surface area contributed by atoms with E-state index in [1.165, 1.54) is 0 Å². The monoisotopic (exact) mass is 460 g/mol. The van der Waals surface area contributed by atoms with E-state index in [1.807, 2.05) is 41.3 Å². The van der Waals surface area contributed by atoms with Crippen molar-refractivity contribution in [3.63, 3.8) is 0 Å². The Labute approximate surface area is 197 Å². The van der Waals surface area contributed by atoms with Crippen molar-refractivity contribution in [1.82, 2.24) is 9.88 Å². The van der Waals surface area contributed by atoms with Gasteiger partial charge in [0.2, 0.25) is 0 Å². The smallest absolute Gasteiger partial charge is 0.254 e. The van der Waals surface area contributed by atoms with Crippen LogP contribution in [0.25, 0.3) is 22.0 Å². The van der Waals surface area contributed by atoms with Gasteiger partial charge in [0.15, 0.2) is 0 Å². The maximum absolute atomic E-state index is 13.7. The third-order valence-electron chi connectivity index (χ3n) is 6.30. The van der Waals surface area contributed by atoms with Gasteiger partial charge in [-0.15, -0.1) is 0 Å². The van der Waals surface area contributed by atoms with Crippen molar-refractivity contribution in [1.29, 1.82) is 0 Å². The van der Waals surface area contributed by atoms with Crippen LogP contribution in [-0.4, -0.2) is 36.6 Å². The number of amides is 1. The molecule has 2 heterocycles. The van der Waals surface area contributed by atoms with Gasteiger partial charge in [-0.05, 0) is 48.7 Å². The zero-order chi connectivity index (χ0) is 22.9. The number of fused-ring (bicyclic) bond motifs is 1. The van der Waals surface area contributed by atoms with Crippen LogP contribution in [-0.2, 0) is 0 Å². The number of aromatic amines is 1. The predicted octanol–water partition coefficient (Wildman–Crippen LogP) is 6.48. The normalized spacial score (nSPS) is 15.7. The lowest BCUT2D eigenvalue weighted by Gasteiger charge is -2.26. The number of carbonyl (C=O) groups is 1. The van der Waals surface area contributed by atoms with Crippen LogP contribution >= 0.6 is 11.6 Å². The molecule has 1 saturated heterocycles. The fraction of sp³-hybridized carbons (Fsp3) is 0.222. The average Bonchev–Trinajstić information content (AvgIpc) is 3.48. The van der Waals surface area contributed by atoms with Gasteiger partial charge in [-0.3, -0.25) is 4.79 Å². The molecule has 1 aliphatic rings. The summed E-state index contributed by atoms with van der Waals surface area (Å²) < 4.78 is 10.8. The van der Waals surface area contributed by atoms with Crippen molar-refractivity contribution in [3.05, 3.63) is 83.0 Å². The SMILES string of the molecule is COc1cc(OC)cc(C(=O)N2CCCC2c2[nH]c3ccc(Cl)cc3c2-c2ccccc2)c1. The molecule has 168 valence electrons. The summed E-state index contributed by atoms with van der Waals surface area (Å²) in [7, 11) is 3.17. The minimum atomic E-state index is -0.0731. The zero-order valence-electron chi connectivity index (χ0n) is 18.6. The van der Waals surface area contributed by atoms with E-state index in [0.29, 0.717) is 28.6 Å². The number of ether oxygens (including phenoxy) is 2. The van der Waals surface area contributed by atoms with Gasteiger partial charge in [0, 0.05) is 45.4 Å². The molecule has 1 fully saturated rings. The van der Waals surface area contributed by atoms with E-state index in [2.05, 4.69) is 17.1 Å². The Hall–Kier alpha value is -3.44. The maximum atomic E-state index is 13.7. The van der Waals surface area contributed by atoms with Crippen LogP contribution in [0.2, 0.25) is 5.02 Å². The largest absolute Gasteiger partial charge is 0.497 e. The summed E-state index contributed by atoms with van der Waals surface area (Å²) in [4.78, 5) is 19.2. The van der Waals surface area contributed by atoms with Gasteiger partial charge < -0.3 is 19.4 Å². The summed E-state index contributed by atoms with van der Waals surface area (Å²) in [5.41, 5.74) is 4.80. The summed E-state index contributed by atoms with van der Waals surface area (Å²) in [5.74, 6) is 1.16. The van der Waals surface area contributed by atoms with E-state index in [-0.39, 0.29) is 11.9 Å². The molecule has 33 heavy (non-hydrogen) atoms. The van der Waals surface area contributed by atoms with Gasteiger partial charge in [0.1, 0.15) is 11.5 Å². The lowest BCUT2D eigenvalue weighted by molar-refractivity contribution is 0.0733. The second-order valence-corrected chi connectivity index (χ2v) is 8.66. The van der Waals surface area contributed by atoms with Crippen molar-refractivity contribution < 1.29 is 14.3 Å². The molecule has 0 aliphatic carbocycles. The molecule has 0 radical (unpaired) electrons. The molecule has 5 rings (SSSR count). The predicted molar refractivity (Wildman–Crippen MR) is 131 cm³/mol. The Morgan fingerprint density at radius 1 is 1.00 bits per heavy atom. The highest BCUT2D eigenvalue weighted by atomic mass is 35.5. The van der Waals surface area contributed by atoms with Gasteiger partial charge in [-0.2, -0.15) is 0 Å². The Bertz CT molecular complexity index is 1290. The fourth-order valence-corrected chi connectivity index (χ4v) is 4.93. The fourth-order valence-electron chi connectivity index (χ4n) is 4.76. The van der Waals surface area contributed by atoms with Crippen molar-refractivity contribution in [2.24, 2.45) is 0 Å². The number of H-pyrrole nitrogens is 1. The number of benzene rings is 3. The third-order valence-corrected chi connectivity index (χ3v) is 6.53. The molecule has 3 aromatic carbocycles. The van der Waals surface area contributed by atoms with E-state index >= 15 is 0 Å². The van der Waals surface area contributed by atoms with E-state index in [4.69, 9.17) is 21.1 Å². The average molecular weight is 461 g/mol. The van der Waals surface area contributed by atoms with Crippen molar-refractivity contribution in [2.75, 3.05) is 20.8 Å². The quantitative estimate of drug-likeness (QED) is 0.370.